The molecular formula is C11H19NO3. The molecule has 0 aromatic rings. The summed E-state index contributed by atoms with van der Waals surface area (Å²) < 4.78 is 5.51. The van der Waals surface area contributed by atoms with Gasteiger partial charge >= 0.3 is 0 Å². The van der Waals surface area contributed by atoms with Gasteiger partial charge in [-0.05, 0) is 19.3 Å². The van der Waals surface area contributed by atoms with Crippen LogP contribution in [0, 0.1) is 5.92 Å². The van der Waals surface area contributed by atoms with E-state index in [1.165, 1.54) is 0 Å². The molecule has 2 unspecified atom stereocenters. The normalized spacial score (nSPS) is 36.1. The van der Waals surface area contributed by atoms with Gasteiger partial charge in [0.15, 0.2) is 0 Å². The van der Waals surface area contributed by atoms with E-state index in [1.807, 2.05) is 0 Å². The molecule has 15 heavy (non-hydrogen) atoms. The number of likely N-dealkylation sites (tertiary alicyclic amines) is 1. The Balaban J connectivity index is 1.95. The first kappa shape index (κ1) is 10.9. The molecule has 2 heterocycles. The van der Waals surface area contributed by atoms with Crippen LogP contribution in [0.15, 0.2) is 0 Å². The predicted molar refractivity (Wildman–Crippen MR) is 55.3 cm³/mol. The van der Waals surface area contributed by atoms with E-state index in [0.29, 0.717) is 19.7 Å². The van der Waals surface area contributed by atoms with E-state index >= 15 is 0 Å². The monoisotopic (exact) mass is 213 g/mol. The van der Waals surface area contributed by atoms with Crippen molar-refractivity contribution in [1.82, 2.24) is 4.90 Å². The summed E-state index contributed by atoms with van der Waals surface area (Å²) in [4.78, 5) is 13.9. The average Bonchev–Trinajstić information content (AvgIpc) is 2.84. The topological polar surface area (TPSA) is 49.8 Å². The Kier molecular flexibility index (Phi) is 3.26. The van der Waals surface area contributed by atoms with Crippen LogP contribution in [-0.4, -0.2) is 47.8 Å². The summed E-state index contributed by atoms with van der Waals surface area (Å²) in [7, 11) is 0. The van der Waals surface area contributed by atoms with E-state index in [1.54, 1.807) is 4.90 Å². The molecule has 0 bridgehead atoms. The fourth-order valence-electron chi connectivity index (χ4n) is 2.51. The molecule has 0 spiro atoms. The second-order valence-electron chi connectivity index (χ2n) is 4.44. The Morgan fingerprint density at radius 1 is 1.53 bits per heavy atom. The number of hydrogen-bond donors (Lipinski definition) is 1. The van der Waals surface area contributed by atoms with Gasteiger partial charge in [-0.15, -0.1) is 0 Å². The molecule has 0 radical (unpaired) electrons. The van der Waals surface area contributed by atoms with Crippen molar-refractivity contribution in [2.45, 2.75) is 38.4 Å². The minimum Gasteiger partial charge on any atom is -0.391 e. The van der Waals surface area contributed by atoms with Crippen molar-refractivity contribution in [2.75, 3.05) is 19.7 Å². The first-order chi connectivity index (χ1) is 7.22. The molecule has 1 N–H and O–H groups in total. The van der Waals surface area contributed by atoms with Crippen molar-refractivity contribution in [3.63, 3.8) is 0 Å². The van der Waals surface area contributed by atoms with Crippen LogP contribution in [0.25, 0.3) is 0 Å². The number of aliphatic hydroxyl groups is 1. The van der Waals surface area contributed by atoms with Gasteiger partial charge in [-0.2, -0.15) is 0 Å². The summed E-state index contributed by atoms with van der Waals surface area (Å²) in [6, 6.07) is 0. The smallest absolute Gasteiger partial charge is 0.228 e. The fraction of sp³-hybridized carbons (Fsp3) is 0.909. The molecule has 0 aromatic heterocycles. The maximum Gasteiger partial charge on any atom is 0.228 e. The molecule has 2 aliphatic rings. The highest BCUT2D eigenvalue weighted by Crippen LogP contribution is 2.26. The van der Waals surface area contributed by atoms with Crippen LogP contribution in [0.5, 0.6) is 0 Å². The van der Waals surface area contributed by atoms with Gasteiger partial charge in [0.25, 0.3) is 0 Å². The summed E-state index contributed by atoms with van der Waals surface area (Å²) in [5.41, 5.74) is 0. The van der Waals surface area contributed by atoms with Crippen LogP contribution in [-0.2, 0) is 9.53 Å². The Morgan fingerprint density at radius 2 is 2.33 bits per heavy atom. The van der Waals surface area contributed by atoms with Gasteiger partial charge in [0, 0.05) is 19.7 Å². The fourth-order valence-corrected chi connectivity index (χ4v) is 2.51. The third-order valence-electron chi connectivity index (χ3n) is 3.40. The van der Waals surface area contributed by atoms with Crippen molar-refractivity contribution in [1.29, 1.82) is 0 Å². The summed E-state index contributed by atoms with van der Waals surface area (Å²) in [5.74, 6) is 0.205. The highest BCUT2D eigenvalue weighted by molar-refractivity contribution is 5.80. The SMILES string of the molecule is CCC1OCCC1C(=O)N1CC[C@H](O)C1. The maximum atomic E-state index is 12.1. The van der Waals surface area contributed by atoms with E-state index in [0.717, 1.165) is 19.3 Å². The standard InChI is InChI=1S/C11H19NO3/c1-2-10-9(4-6-15-10)11(14)12-5-3-8(13)7-12/h8-10,13H,2-7H2,1H3/t8-,9?,10?/m0/s1. The summed E-state index contributed by atoms with van der Waals surface area (Å²) in [6.07, 6.45) is 2.22. The van der Waals surface area contributed by atoms with Crippen LogP contribution >= 0.6 is 0 Å². The Bertz CT molecular complexity index is 244. The molecule has 3 atom stereocenters. The van der Waals surface area contributed by atoms with E-state index in [9.17, 15) is 9.90 Å². The molecule has 0 saturated carbocycles. The molecule has 4 nitrogen and oxygen atoms in total. The zero-order chi connectivity index (χ0) is 10.8. The lowest BCUT2D eigenvalue weighted by molar-refractivity contribution is -0.136. The quantitative estimate of drug-likeness (QED) is 0.722. The molecule has 86 valence electrons. The minimum absolute atomic E-state index is 0.0281. The molecule has 2 saturated heterocycles. The van der Waals surface area contributed by atoms with Crippen molar-refractivity contribution < 1.29 is 14.6 Å². The zero-order valence-electron chi connectivity index (χ0n) is 9.19. The molecule has 0 aliphatic carbocycles. The largest absolute Gasteiger partial charge is 0.391 e. The summed E-state index contributed by atoms with van der Waals surface area (Å²) >= 11 is 0. The van der Waals surface area contributed by atoms with Crippen molar-refractivity contribution in [3.05, 3.63) is 0 Å². The maximum absolute atomic E-state index is 12.1. The number of hydrogen-bond acceptors (Lipinski definition) is 3. The molecule has 1 amide bonds. The van der Waals surface area contributed by atoms with Crippen molar-refractivity contribution in [3.8, 4) is 0 Å². The Morgan fingerprint density at radius 3 is 2.93 bits per heavy atom. The number of amides is 1. The van der Waals surface area contributed by atoms with Crippen LogP contribution < -0.4 is 0 Å². The van der Waals surface area contributed by atoms with Gasteiger partial charge in [-0.25, -0.2) is 0 Å². The van der Waals surface area contributed by atoms with Crippen molar-refractivity contribution >= 4 is 5.91 Å². The Hall–Kier alpha value is -0.610. The van der Waals surface area contributed by atoms with Gasteiger partial charge in [0.1, 0.15) is 0 Å². The molecule has 0 aromatic carbocycles. The highest BCUT2D eigenvalue weighted by atomic mass is 16.5. The van der Waals surface area contributed by atoms with Crippen LogP contribution in [0.4, 0.5) is 0 Å². The average molecular weight is 213 g/mol. The number of carbonyl (C=O) groups excluding carboxylic acids is 1. The van der Waals surface area contributed by atoms with E-state index in [-0.39, 0.29) is 24.0 Å². The summed E-state index contributed by atoms with van der Waals surface area (Å²) in [6.45, 7) is 3.96. The number of aliphatic hydroxyl groups excluding tert-OH is 1. The lowest BCUT2D eigenvalue weighted by Crippen LogP contribution is -2.38. The number of β-amino-alcohol motifs (C(OH)–C–C–N with tert-alkyl or cyclic N) is 1. The zero-order valence-corrected chi connectivity index (χ0v) is 9.19. The van der Waals surface area contributed by atoms with E-state index in [4.69, 9.17) is 4.74 Å². The molecule has 4 heteroatoms. The summed E-state index contributed by atoms with van der Waals surface area (Å²) in [5, 5.41) is 9.39. The van der Waals surface area contributed by atoms with Gasteiger partial charge in [0.2, 0.25) is 5.91 Å². The van der Waals surface area contributed by atoms with E-state index < -0.39 is 0 Å². The van der Waals surface area contributed by atoms with Crippen LogP contribution in [0.3, 0.4) is 0 Å². The Labute approximate surface area is 90.2 Å². The minimum atomic E-state index is -0.323. The highest BCUT2D eigenvalue weighted by Gasteiger charge is 2.37. The number of nitrogens with zero attached hydrogens (tertiary/aromatic N) is 1. The van der Waals surface area contributed by atoms with Crippen LogP contribution in [0.1, 0.15) is 26.2 Å². The number of rotatable bonds is 2. The predicted octanol–water partition coefficient (Wildman–Crippen LogP) is 0.395. The number of carbonyl (C=O) groups is 1. The van der Waals surface area contributed by atoms with Gasteiger partial charge < -0.3 is 14.7 Å². The third kappa shape index (κ3) is 2.16. The second-order valence-corrected chi connectivity index (χ2v) is 4.44. The molecule has 2 fully saturated rings. The third-order valence-corrected chi connectivity index (χ3v) is 3.40. The molecule has 2 rings (SSSR count). The van der Waals surface area contributed by atoms with Gasteiger partial charge in [0.05, 0.1) is 18.1 Å². The lowest BCUT2D eigenvalue weighted by atomic mass is 9.98. The molecular weight excluding hydrogens is 194 g/mol. The first-order valence-electron chi connectivity index (χ1n) is 5.80. The molecule has 2 aliphatic heterocycles. The van der Waals surface area contributed by atoms with E-state index in [2.05, 4.69) is 6.92 Å². The second kappa shape index (κ2) is 4.49. The lowest BCUT2D eigenvalue weighted by Gasteiger charge is -2.22. The van der Waals surface area contributed by atoms with Gasteiger partial charge in [-0.1, -0.05) is 6.92 Å². The number of ether oxygens (including phenoxy) is 1. The first-order valence-corrected chi connectivity index (χ1v) is 5.80. The van der Waals surface area contributed by atoms with Crippen molar-refractivity contribution in [2.24, 2.45) is 5.92 Å². The van der Waals surface area contributed by atoms with Crippen LogP contribution in [0.2, 0.25) is 0 Å². The van der Waals surface area contributed by atoms with Gasteiger partial charge in [-0.3, -0.25) is 4.79 Å².